The molecule has 1 aromatic heterocycles. The summed E-state index contributed by atoms with van der Waals surface area (Å²) in [5, 5.41) is 4.54. The quantitative estimate of drug-likeness (QED) is 0.588. The van der Waals surface area contributed by atoms with E-state index in [1.165, 1.54) is 10.4 Å². The molecular weight excluding hydrogens is 370 g/mol. The highest BCUT2D eigenvalue weighted by Crippen LogP contribution is 2.29. The topological polar surface area (TPSA) is 46.6 Å². The molecule has 1 N–H and O–H groups in total. The molecule has 0 bridgehead atoms. The molecule has 1 fully saturated rings. The Kier molecular flexibility index (Phi) is 6.55. The van der Waals surface area contributed by atoms with Gasteiger partial charge in [0.2, 0.25) is 0 Å². The number of thiazole rings is 1. The lowest BCUT2D eigenvalue weighted by Gasteiger charge is -2.25. The zero-order chi connectivity index (χ0) is 19.0. The predicted octanol–water partition coefficient (Wildman–Crippen LogP) is 3.82. The van der Waals surface area contributed by atoms with E-state index in [2.05, 4.69) is 33.4 Å². The van der Waals surface area contributed by atoms with Crippen LogP contribution in [0.25, 0.3) is 11.1 Å². The minimum atomic E-state index is 0.624. The van der Waals surface area contributed by atoms with E-state index in [-0.39, 0.29) is 0 Å². The Balaban J connectivity index is 1.24. The number of benzene rings is 2. The molecule has 2 heterocycles. The molecule has 0 aliphatic carbocycles. The van der Waals surface area contributed by atoms with Crippen LogP contribution in [0, 0.1) is 0 Å². The Morgan fingerprint density at radius 2 is 1.82 bits per heavy atom. The van der Waals surface area contributed by atoms with Gasteiger partial charge in [0, 0.05) is 42.8 Å². The average Bonchev–Trinajstić information content (AvgIpc) is 3.24. The van der Waals surface area contributed by atoms with E-state index >= 15 is 0 Å². The summed E-state index contributed by atoms with van der Waals surface area (Å²) in [5.74, 6) is 0.919. The summed E-state index contributed by atoms with van der Waals surface area (Å²) in [6, 6.07) is 18.5. The van der Waals surface area contributed by atoms with E-state index < -0.39 is 0 Å². The summed E-state index contributed by atoms with van der Waals surface area (Å²) in [6.45, 7) is 5.65. The molecule has 2 aromatic carbocycles. The second-order valence-corrected chi connectivity index (χ2v) is 7.69. The number of para-hydroxylation sites is 1. The number of aromatic nitrogens is 1. The molecule has 1 aliphatic heterocycles. The van der Waals surface area contributed by atoms with Gasteiger partial charge in [-0.3, -0.25) is 0 Å². The molecule has 0 atom stereocenters. The van der Waals surface area contributed by atoms with E-state index in [1.807, 2.05) is 42.6 Å². The number of hydrogen-bond donors (Lipinski definition) is 1. The number of nitrogens with zero attached hydrogens (tertiary/aromatic N) is 2. The van der Waals surface area contributed by atoms with Crippen molar-refractivity contribution in [2.45, 2.75) is 6.54 Å². The van der Waals surface area contributed by atoms with E-state index in [9.17, 15) is 0 Å². The van der Waals surface area contributed by atoms with Gasteiger partial charge in [-0.15, -0.1) is 11.3 Å². The third-order valence-corrected chi connectivity index (χ3v) is 5.69. The molecule has 0 unspecified atom stereocenters. The monoisotopic (exact) mass is 395 g/mol. The summed E-state index contributed by atoms with van der Waals surface area (Å²) >= 11 is 1.75. The minimum Gasteiger partial charge on any atom is -0.492 e. The first-order valence-corrected chi connectivity index (χ1v) is 10.5. The molecule has 0 spiro atoms. The fourth-order valence-electron chi connectivity index (χ4n) is 3.17. The van der Waals surface area contributed by atoms with Gasteiger partial charge in [0.15, 0.2) is 5.13 Å². The van der Waals surface area contributed by atoms with Gasteiger partial charge in [-0.1, -0.05) is 48.5 Å². The zero-order valence-electron chi connectivity index (χ0n) is 15.8. The second kappa shape index (κ2) is 9.68. The van der Waals surface area contributed by atoms with Crippen molar-refractivity contribution in [3.63, 3.8) is 0 Å². The Morgan fingerprint density at radius 3 is 2.68 bits per heavy atom. The van der Waals surface area contributed by atoms with Crippen LogP contribution < -0.4 is 15.0 Å². The maximum Gasteiger partial charge on any atom is 0.185 e. The van der Waals surface area contributed by atoms with Crippen molar-refractivity contribution >= 4 is 16.5 Å². The van der Waals surface area contributed by atoms with Crippen LogP contribution in [0.3, 0.4) is 0 Å². The average molecular weight is 396 g/mol. The first-order chi connectivity index (χ1) is 13.9. The molecule has 0 radical (unpaired) electrons. The Morgan fingerprint density at radius 1 is 1.04 bits per heavy atom. The lowest BCUT2D eigenvalue weighted by Crippen LogP contribution is -2.36. The number of morpholine rings is 1. The van der Waals surface area contributed by atoms with Crippen LogP contribution in [0.1, 0.15) is 4.88 Å². The molecule has 1 saturated heterocycles. The molecule has 5 nitrogen and oxygen atoms in total. The van der Waals surface area contributed by atoms with Crippen LogP contribution in [0.4, 0.5) is 5.13 Å². The highest BCUT2D eigenvalue weighted by molar-refractivity contribution is 7.15. The summed E-state index contributed by atoms with van der Waals surface area (Å²) < 4.78 is 11.4. The first-order valence-electron chi connectivity index (χ1n) is 9.65. The van der Waals surface area contributed by atoms with Crippen LogP contribution >= 0.6 is 11.3 Å². The van der Waals surface area contributed by atoms with Gasteiger partial charge in [-0.05, 0) is 11.6 Å². The number of ether oxygens (including phenoxy) is 2. The van der Waals surface area contributed by atoms with Gasteiger partial charge in [0.05, 0.1) is 13.2 Å². The molecular formula is C22H25N3O2S. The standard InChI is InChI=1S/C22H25N3O2S/c1-2-6-18(7-3-1)20-8-4-5-9-21(20)27-13-10-23-16-19-17-24-22(28-19)25-11-14-26-15-12-25/h1-9,17,23H,10-16H2. The van der Waals surface area contributed by atoms with E-state index in [4.69, 9.17) is 9.47 Å². The zero-order valence-corrected chi connectivity index (χ0v) is 16.7. The van der Waals surface area contributed by atoms with E-state index in [0.29, 0.717) is 6.61 Å². The smallest absolute Gasteiger partial charge is 0.185 e. The molecule has 1 aliphatic rings. The Labute approximate surface area is 169 Å². The maximum absolute atomic E-state index is 6.03. The van der Waals surface area contributed by atoms with Gasteiger partial charge < -0.3 is 19.7 Å². The van der Waals surface area contributed by atoms with Crippen molar-refractivity contribution < 1.29 is 9.47 Å². The van der Waals surface area contributed by atoms with Crippen molar-refractivity contribution in [3.8, 4) is 16.9 Å². The van der Waals surface area contributed by atoms with Gasteiger partial charge in [-0.25, -0.2) is 4.98 Å². The summed E-state index contributed by atoms with van der Waals surface area (Å²) in [6.07, 6.45) is 1.97. The lowest BCUT2D eigenvalue weighted by molar-refractivity contribution is 0.122. The van der Waals surface area contributed by atoms with Crippen LogP contribution in [0.5, 0.6) is 5.75 Å². The van der Waals surface area contributed by atoms with Crippen molar-refractivity contribution in [3.05, 3.63) is 65.7 Å². The highest BCUT2D eigenvalue weighted by atomic mass is 32.1. The summed E-state index contributed by atoms with van der Waals surface area (Å²) in [4.78, 5) is 8.08. The van der Waals surface area contributed by atoms with Crippen LogP contribution in [0.15, 0.2) is 60.8 Å². The summed E-state index contributed by atoms with van der Waals surface area (Å²) in [7, 11) is 0. The normalized spacial score (nSPS) is 14.2. The number of anilines is 1. The van der Waals surface area contributed by atoms with E-state index in [0.717, 1.165) is 55.8 Å². The Bertz CT molecular complexity index is 863. The Hall–Kier alpha value is -2.41. The van der Waals surface area contributed by atoms with Gasteiger partial charge in [0.25, 0.3) is 0 Å². The SMILES string of the molecule is c1ccc(-c2ccccc2OCCNCc2cnc(N3CCOCC3)s2)cc1. The van der Waals surface area contributed by atoms with Crippen molar-refractivity contribution in [1.82, 2.24) is 10.3 Å². The third-order valence-electron chi connectivity index (χ3n) is 4.63. The number of nitrogens with one attached hydrogen (secondary N) is 1. The third kappa shape index (κ3) is 4.90. The van der Waals surface area contributed by atoms with Crippen LogP contribution in [-0.2, 0) is 11.3 Å². The molecule has 28 heavy (non-hydrogen) atoms. The minimum absolute atomic E-state index is 0.624. The van der Waals surface area contributed by atoms with Crippen molar-refractivity contribution in [1.29, 1.82) is 0 Å². The van der Waals surface area contributed by atoms with Crippen molar-refractivity contribution in [2.75, 3.05) is 44.4 Å². The van der Waals surface area contributed by atoms with Gasteiger partial charge in [0.1, 0.15) is 12.4 Å². The van der Waals surface area contributed by atoms with Crippen molar-refractivity contribution in [2.24, 2.45) is 0 Å². The second-order valence-electron chi connectivity index (χ2n) is 6.60. The van der Waals surface area contributed by atoms with Gasteiger partial charge >= 0.3 is 0 Å². The molecule has 0 saturated carbocycles. The summed E-state index contributed by atoms with van der Waals surface area (Å²) in [5.41, 5.74) is 2.30. The maximum atomic E-state index is 6.03. The highest BCUT2D eigenvalue weighted by Gasteiger charge is 2.14. The molecule has 146 valence electrons. The molecule has 6 heteroatoms. The van der Waals surface area contributed by atoms with E-state index in [1.54, 1.807) is 11.3 Å². The molecule has 3 aromatic rings. The fraction of sp³-hybridized carbons (Fsp3) is 0.318. The van der Waals surface area contributed by atoms with Gasteiger partial charge in [-0.2, -0.15) is 0 Å². The number of rotatable bonds is 8. The fourth-order valence-corrected chi connectivity index (χ4v) is 4.10. The van der Waals surface area contributed by atoms with Crippen LogP contribution in [0.2, 0.25) is 0 Å². The predicted molar refractivity (Wildman–Crippen MR) is 114 cm³/mol. The largest absolute Gasteiger partial charge is 0.492 e. The lowest BCUT2D eigenvalue weighted by atomic mass is 10.1. The first kappa shape index (κ1) is 18.9. The number of hydrogen-bond acceptors (Lipinski definition) is 6. The molecule has 4 rings (SSSR count). The van der Waals surface area contributed by atoms with Crippen LogP contribution in [-0.4, -0.2) is 44.4 Å². The molecule has 0 amide bonds.